The van der Waals surface area contributed by atoms with Gasteiger partial charge in [0, 0.05) is 36.7 Å². The number of amides is 2. The van der Waals surface area contributed by atoms with Gasteiger partial charge in [-0.3, -0.25) is 9.89 Å². The van der Waals surface area contributed by atoms with Crippen molar-refractivity contribution in [1.29, 1.82) is 0 Å². The Balaban J connectivity index is 1.48. The Morgan fingerprint density at radius 2 is 1.96 bits per heavy atom. The highest BCUT2D eigenvalue weighted by Crippen LogP contribution is 2.36. The third-order valence-corrected chi connectivity index (χ3v) is 5.44. The molecule has 2 fully saturated rings. The van der Waals surface area contributed by atoms with Crippen molar-refractivity contribution in [2.45, 2.75) is 76.5 Å². The zero-order chi connectivity index (χ0) is 19.4. The lowest BCUT2D eigenvalue weighted by Crippen LogP contribution is -2.33. The molecule has 3 N–H and O–H groups in total. The summed E-state index contributed by atoms with van der Waals surface area (Å²) >= 11 is 0. The van der Waals surface area contributed by atoms with Gasteiger partial charge < -0.3 is 20.1 Å². The van der Waals surface area contributed by atoms with Crippen molar-refractivity contribution >= 4 is 17.8 Å². The monoisotopic (exact) mass is 378 g/mol. The van der Waals surface area contributed by atoms with Crippen LogP contribution in [0.15, 0.2) is 6.07 Å². The van der Waals surface area contributed by atoms with Crippen molar-refractivity contribution < 1.29 is 19.1 Å². The number of alkyl carbamates (subject to hydrolysis) is 1. The Morgan fingerprint density at radius 1 is 1.19 bits per heavy atom. The minimum absolute atomic E-state index is 0.00517. The molecule has 0 bridgehead atoms. The summed E-state index contributed by atoms with van der Waals surface area (Å²) in [4.78, 5) is 24.1. The maximum Gasteiger partial charge on any atom is 0.407 e. The van der Waals surface area contributed by atoms with Gasteiger partial charge in [-0.05, 0) is 52.4 Å². The van der Waals surface area contributed by atoms with E-state index in [1.54, 1.807) is 7.11 Å². The van der Waals surface area contributed by atoms with Crippen LogP contribution in [0.2, 0.25) is 0 Å². The van der Waals surface area contributed by atoms with Crippen LogP contribution in [0.5, 0.6) is 0 Å². The fourth-order valence-corrected chi connectivity index (χ4v) is 3.98. The molecule has 2 amide bonds. The van der Waals surface area contributed by atoms with Crippen LogP contribution in [0.4, 0.5) is 10.6 Å². The topological polar surface area (TPSA) is 105 Å². The van der Waals surface area contributed by atoms with E-state index in [0.29, 0.717) is 5.82 Å². The summed E-state index contributed by atoms with van der Waals surface area (Å²) in [6, 6.07) is 1.95. The number of methoxy groups -OCH3 is 1. The third kappa shape index (κ3) is 5.22. The van der Waals surface area contributed by atoms with E-state index in [1.807, 2.05) is 19.9 Å². The molecular weight excluding hydrogens is 348 g/mol. The van der Waals surface area contributed by atoms with E-state index in [9.17, 15) is 9.59 Å². The van der Waals surface area contributed by atoms with Gasteiger partial charge >= 0.3 is 6.09 Å². The predicted molar refractivity (Wildman–Crippen MR) is 100 cm³/mol. The Morgan fingerprint density at radius 3 is 2.67 bits per heavy atom. The summed E-state index contributed by atoms with van der Waals surface area (Å²) in [6.45, 7) is 3.81. The van der Waals surface area contributed by atoms with Gasteiger partial charge in [0.15, 0.2) is 5.82 Å². The van der Waals surface area contributed by atoms with Crippen molar-refractivity contribution in [1.82, 2.24) is 15.5 Å². The predicted octanol–water partition coefficient (Wildman–Crippen LogP) is 2.93. The average molecular weight is 378 g/mol. The smallest absolute Gasteiger partial charge is 0.407 e. The molecule has 4 atom stereocenters. The first kappa shape index (κ1) is 19.7. The highest BCUT2D eigenvalue weighted by atomic mass is 16.6. The van der Waals surface area contributed by atoms with Crippen LogP contribution < -0.4 is 10.6 Å². The van der Waals surface area contributed by atoms with Crippen LogP contribution in [0, 0.1) is 5.92 Å². The molecule has 27 heavy (non-hydrogen) atoms. The number of aromatic nitrogens is 2. The molecule has 8 heteroatoms. The number of hydrogen-bond acceptors (Lipinski definition) is 5. The van der Waals surface area contributed by atoms with Crippen LogP contribution in [-0.4, -0.2) is 47.6 Å². The lowest BCUT2D eigenvalue weighted by atomic mass is 10.0. The van der Waals surface area contributed by atoms with Gasteiger partial charge in [-0.1, -0.05) is 0 Å². The number of aromatic amines is 1. The fourth-order valence-electron chi connectivity index (χ4n) is 3.98. The summed E-state index contributed by atoms with van der Waals surface area (Å²) in [5.41, 5.74) is 0.974. The number of nitrogens with one attached hydrogen (secondary N) is 3. The first-order chi connectivity index (χ1) is 12.9. The molecule has 0 radical (unpaired) electrons. The van der Waals surface area contributed by atoms with Gasteiger partial charge in [0.25, 0.3) is 0 Å². The molecule has 0 aromatic carbocycles. The third-order valence-electron chi connectivity index (χ3n) is 5.44. The van der Waals surface area contributed by atoms with Gasteiger partial charge in [0.05, 0.1) is 6.10 Å². The number of H-pyrrole nitrogens is 1. The minimum atomic E-state index is -0.362. The fraction of sp³-hybridized carbons (Fsp3) is 0.737. The molecule has 2 aliphatic rings. The van der Waals surface area contributed by atoms with Crippen molar-refractivity contribution in [3.05, 3.63) is 11.8 Å². The van der Waals surface area contributed by atoms with Gasteiger partial charge in [-0.15, -0.1) is 0 Å². The second-order valence-corrected chi connectivity index (χ2v) is 7.90. The van der Waals surface area contributed by atoms with Crippen LogP contribution >= 0.6 is 0 Å². The number of anilines is 1. The molecule has 0 saturated heterocycles. The van der Waals surface area contributed by atoms with Crippen LogP contribution in [-0.2, 0) is 14.3 Å². The van der Waals surface area contributed by atoms with E-state index in [1.165, 1.54) is 0 Å². The molecule has 8 nitrogen and oxygen atoms in total. The van der Waals surface area contributed by atoms with Gasteiger partial charge in [-0.25, -0.2) is 4.79 Å². The Bertz CT molecular complexity index is 660. The van der Waals surface area contributed by atoms with Gasteiger partial charge in [0.2, 0.25) is 5.91 Å². The first-order valence-electron chi connectivity index (χ1n) is 9.80. The Hall–Kier alpha value is -2.09. The van der Waals surface area contributed by atoms with E-state index >= 15 is 0 Å². The van der Waals surface area contributed by atoms with E-state index in [4.69, 9.17) is 9.47 Å². The second-order valence-electron chi connectivity index (χ2n) is 7.90. The second kappa shape index (κ2) is 8.73. The van der Waals surface area contributed by atoms with Crippen molar-refractivity contribution in [2.75, 3.05) is 12.4 Å². The summed E-state index contributed by atoms with van der Waals surface area (Å²) in [7, 11) is 1.69. The van der Waals surface area contributed by atoms with Crippen molar-refractivity contribution in [2.24, 2.45) is 5.92 Å². The normalized spacial score (nSPS) is 27.7. The molecule has 2 unspecified atom stereocenters. The zero-order valence-corrected chi connectivity index (χ0v) is 16.3. The number of rotatable bonds is 6. The van der Waals surface area contributed by atoms with E-state index < -0.39 is 0 Å². The highest BCUT2D eigenvalue weighted by molar-refractivity contribution is 5.91. The highest BCUT2D eigenvalue weighted by Gasteiger charge is 2.32. The molecular formula is C19H30N4O4. The molecule has 150 valence electrons. The molecule has 0 spiro atoms. The summed E-state index contributed by atoms with van der Waals surface area (Å²) < 4.78 is 10.8. The number of hydrogen-bond donors (Lipinski definition) is 3. The van der Waals surface area contributed by atoms with E-state index in [0.717, 1.165) is 44.2 Å². The first-order valence-corrected chi connectivity index (χ1v) is 9.80. The van der Waals surface area contributed by atoms with Crippen molar-refractivity contribution in [3.63, 3.8) is 0 Å². The van der Waals surface area contributed by atoms with Crippen molar-refractivity contribution in [3.8, 4) is 0 Å². The Kier molecular flexibility index (Phi) is 6.36. The number of carbonyl (C=O) groups excluding carboxylic acids is 2. The molecule has 1 aromatic rings. The van der Waals surface area contributed by atoms with Crippen LogP contribution in [0.1, 0.15) is 64.0 Å². The molecule has 1 aromatic heterocycles. The molecule has 1 heterocycles. The lowest BCUT2D eigenvalue weighted by Gasteiger charge is -2.14. The zero-order valence-electron chi connectivity index (χ0n) is 16.3. The van der Waals surface area contributed by atoms with Gasteiger partial charge in [-0.2, -0.15) is 5.10 Å². The standard InChI is InChI=1S/C19H30N4O4/c1-11(2)20-19(25)27-15-7-4-12(8-15)16-10-17(23-22-16)21-18(24)13-5-6-14(9-13)26-3/h10-15H,4-9H2,1-3H3,(H,20,25)(H2,21,22,23,24)/t12-,13?,14?,15+/m0/s1. The number of carbonyl (C=O) groups is 2. The lowest BCUT2D eigenvalue weighted by molar-refractivity contribution is -0.120. The quantitative estimate of drug-likeness (QED) is 0.706. The maximum atomic E-state index is 12.4. The average Bonchev–Trinajstić information content (AvgIpc) is 3.34. The summed E-state index contributed by atoms with van der Waals surface area (Å²) in [5.74, 6) is 0.798. The number of ether oxygens (including phenoxy) is 2. The maximum absolute atomic E-state index is 12.4. The van der Waals surface area contributed by atoms with Gasteiger partial charge in [0.1, 0.15) is 6.10 Å². The molecule has 2 aliphatic carbocycles. The molecule has 0 aliphatic heterocycles. The Labute approximate surface area is 159 Å². The minimum Gasteiger partial charge on any atom is -0.446 e. The van der Waals surface area contributed by atoms with Crippen LogP contribution in [0.3, 0.4) is 0 Å². The SMILES string of the molecule is COC1CCC(C(=O)Nc2cc([C@H]3CC[C@@H](OC(=O)NC(C)C)C3)[nH]n2)C1. The largest absolute Gasteiger partial charge is 0.446 e. The summed E-state index contributed by atoms with van der Waals surface area (Å²) in [6.07, 6.45) is 4.79. The van der Waals surface area contributed by atoms with E-state index in [2.05, 4.69) is 20.8 Å². The van der Waals surface area contributed by atoms with Crippen LogP contribution in [0.25, 0.3) is 0 Å². The summed E-state index contributed by atoms with van der Waals surface area (Å²) in [5, 5.41) is 12.9. The molecule has 3 rings (SSSR count). The van der Waals surface area contributed by atoms with E-state index in [-0.39, 0.29) is 42.1 Å². The number of nitrogens with zero attached hydrogens (tertiary/aromatic N) is 1. The molecule has 2 saturated carbocycles.